The van der Waals surface area contributed by atoms with Crippen molar-refractivity contribution in [1.29, 1.82) is 0 Å². The van der Waals surface area contributed by atoms with Crippen molar-refractivity contribution in [2.75, 3.05) is 25.5 Å². The zero-order chi connectivity index (χ0) is 13.4. The number of anilines is 1. The minimum atomic E-state index is 0.133. The van der Waals surface area contributed by atoms with Crippen LogP contribution in [0, 0.1) is 0 Å². The second-order valence-corrected chi connectivity index (χ2v) is 4.69. The maximum absolute atomic E-state index is 6.18. The number of aromatic nitrogens is 1. The molecule has 1 aromatic rings. The van der Waals surface area contributed by atoms with E-state index in [1.807, 2.05) is 19.2 Å². The summed E-state index contributed by atoms with van der Waals surface area (Å²) in [5, 5.41) is 7.14. The van der Waals surface area contributed by atoms with Crippen LogP contribution in [0.15, 0.2) is 12.3 Å². The molecule has 1 aromatic heterocycles. The number of hydrogen-bond donors (Lipinski definition) is 2. The summed E-state index contributed by atoms with van der Waals surface area (Å²) in [4.78, 5) is 4.32. The molecule has 0 saturated heterocycles. The molecule has 1 unspecified atom stereocenters. The molecule has 4 nitrogen and oxygen atoms in total. The Morgan fingerprint density at radius 2 is 2.28 bits per heavy atom. The predicted octanol–water partition coefficient (Wildman–Crippen LogP) is 2.68. The van der Waals surface area contributed by atoms with Crippen molar-refractivity contribution in [2.45, 2.75) is 32.9 Å². The first-order chi connectivity index (χ1) is 8.67. The SMILES string of the molecule is CCCNCc1cnc(NCC(C)OC)c(Cl)c1. The van der Waals surface area contributed by atoms with Gasteiger partial charge < -0.3 is 15.4 Å². The third-order valence-corrected chi connectivity index (χ3v) is 2.90. The average molecular weight is 272 g/mol. The summed E-state index contributed by atoms with van der Waals surface area (Å²) >= 11 is 6.18. The van der Waals surface area contributed by atoms with Gasteiger partial charge in [0.25, 0.3) is 0 Å². The van der Waals surface area contributed by atoms with Gasteiger partial charge in [-0.05, 0) is 31.5 Å². The molecule has 2 N–H and O–H groups in total. The van der Waals surface area contributed by atoms with Crippen LogP contribution in [0.5, 0.6) is 0 Å². The Balaban J connectivity index is 2.51. The number of hydrogen-bond acceptors (Lipinski definition) is 4. The second-order valence-electron chi connectivity index (χ2n) is 4.28. The molecule has 0 aliphatic carbocycles. The fourth-order valence-electron chi connectivity index (χ4n) is 1.44. The van der Waals surface area contributed by atoms with Crippen LogP contribution in [-0.2, 0) is 11.3 Å². The lowest BCUT2D eigenvalue weighted by atomic mass is 10.2. The highest BCUT2D eigenvalue weighted by Crippen LogP contribution is 2.20. The van der Waals surface area contributed by atoms with Gasteiger partial charge in [-0.2, -0.15) is 0 Å². The number of rotatable bonds is 8. The summed E-state index contributed by atoms with van der Waals surface area (Å²) in [6.07, 6.45) is 3.10. The van der Waals surface area contributed by atoms with Crippen LogP contribution in [0.4, 0.5) is 5.82 Å². The van der Waals surface area contributed by atoms with Crippen molar-refractivity contribution in [1.82, 2.24) is 10.3 Å². The standard InChI is InChI=1S/C13H22ClN3O/c1-4-5-15-8-11-6-12(14)13(17-9-11)16-7-10(2)18-3/h6,9-10,15H,4-5,7-8H2,1-3H3,(H,16,17). The van der Waals surface area contributed by atoms with E-state index in [9.17, 15) is 0 Å². The van der Waals surface area contributed by atoms with E-state index in [1.54, 1.807) is 7.11 Å². The summed E-state index contributed by atoms with van der Waals surface area (Å²) < 4.78 is 5.16. The largest absolute Gasteiger partial charge is 0.380 e. The van der Waals surface area contributed by atoms with Gasteiger partial charge in [-0.1, -0.05) is 18.5 Å². The van der Waals surface area contributed by atoms with Crippen LogP contribution in [0.25, 0.3) is 0 Å². The summed E-state index contributed by atoms with van der Waals surface area (Å²) in [7, 11) is 1.68. The minimum Gasteiger partial charge on any atom is -0.380 e. The molecule has 5 heteroatoms. The van der Waals surface area contributed by atoms with E-state index in [-0.39, 0.29) is 6.10 Å². The minimum absolute atomic E-state index is 0.133. The fourth-order valence-corrected chi connectivity index (χ4v) is 1.69. The first-order valence-corrected chi connectivity index (χ1v) is 6.67. The molecule has 18 heavy (non-hydrogen) atoms. The van der Waals surface area contributed by atoms with Gasteiger partial charge in [0.15, 0.2) is 0 Å². The van der Waals surface area contributed by atoms with Gasteiger partial charge >= 0.3 is 0 Å². The van der Waals surface area contributed by atoms with Crippen molar-refractivity contribution in [3.63, 3.8) is 0 Å². The zero-order valence-electron chi connectivity index (χ0n) is 11.3. The molecule has 0 bridgehead atoms. The number of nitrogens with zero attached hydrogens (tertiary/aromatic N) is 1. The number of pyridine rings is 1. The molecule has 1 rings (SSSR count). The molecule has 0 aliphatic rings. The maximum atomic E-state index is 6.18. The van der Waals surface area contributed by atoms with E-state index in [4.69, 9.17) is 16.3 Å². The first kappa shape index (κ1) is 15.2. The second kappa shape index (κ2) is 8.29. The summed E-state index contributed by atoms with van der Waals surface area (Å²) in [6, 6.07) is 1.94. The Labute approximate surface area is 114 Å². The van der Waals surface area contributed by atoms with Crippen molar-refractivity contribution >= 4 is 17.4 Å². The van der Waals surface area contributed by atoms with Crippen molar-refractivity contribution < 1.29 is 4.74 Å². The fraction of sp³-hybridized carbons (Fsp3) is 0.615. The summed E-state index contributed by atoms with van der Waals surface area (Å²) in [6.45, 7) is 6.63. The Hall–Kier alpha value is -0.840. The zero-order valence-corrected chi connectivity index (χ0v) is 12.0. The van der Waals surface area contributed by atoms with Crippen LogP contribution in [0.1, 0.15) is 25.8 Å². The topological polar surface area (TPSA) is 46.2 Å². The van der Waals surface area contributed by atoms with Gasteiger partial charge in [0, 0.05) is 26.4 Å². The highest BCUT2D eigenvalue weighted by Gasteiger charge is 2.05. The van der Waals surface area contributed by atoms with Crippen LogP contribution in [0.2, 0.25) is 5.02 Å². The smallest absolute Gasteiger partial charge is 0.144 e. The Morgan fingerprint density at radius 1 is 1.50 bits per heavy atom. The molecule has 0 amide bonds. The van der Waals surface area contributed by atoms with E-state index in [0.717, 1.165) is 25.1 Å². The van der Waals surface area contributed by atoms with Crippen LogP contribution >= 0.6 is 11.6 Å². The number of methoxy groups -OCH3 is 1. The van der Waals surface area contributed by atoms with Gasteiger partial charge in [-0.15, -0.1) is 0 Å². The van der Waals surface area contributed by atoms with Crippen LogP contribution in [0.3, 0.4) is 0 Å². The molecule has 0 spiro atoms. The van der Waals surface area contributed by atoms with Gasteiger partial charge in [-0.3, -0.25) is 0 Å². The third-order valence-electron chi connectivity index (χ3n) is 2.61. The normalized spacial score (nSPS) is 12.4. The molecule has 0 radical (unpaired) electrons. The molecule has 102 valence electrons. The van der Waals surface area contributed by atoms with E-state index in [2.05, 4.69) is 22.5 Å². The monoisotopic (exact) mass is 271 g/mol. The molecule has 1 heterocycles. The van der Waals surface area contributed by atoms with Gasteiger partial charge in [0.1, 0.15) is 5.82 Å². The first-order valence-electron chi connectivity index (χ1n) is 6.29. The number of halogens is 1. The van der Waals surface area contributed by atoms with Gasteiger partial charge in [0.2, 0.25) is 0 Å². The van der Waals surface area contributed by atoms with Gasteiger partial charge in [0.05, 0.1) is 11.1 Å². The van der Waals surface area contributed by atoms with E-state index in [1.165, 1.54) is 0 Å². The predicted molar refractivity (Wildman–Crippen MR) is 76.2 cm³/mol. The van der Waals surface area contributed by atoms with Crippen LogP contribution in [-0.4, -0.2) is 31.3 Å². The van der Waals surface area contributed by atoms with E-state index >= 15 is 0 Å². The Bertz CT molecular complexity index is 360. The highest BCUT2D eigenvalue weighted by atomic mass is 35.5. The lowest BCUT2D eigenvalue weighted by molar-refractivity contribution is 0.128. The van der Waals surface area contributed by atoms with Crippen molar-refractivity contribution in [3.05, 3.63) is 22.8 Å². The average Bonchev–Trinajstić information content (AvgIpc) is 2.37. The van der Waals surface area contributed by atoms with E-state index < -0.39 is 0 Å². The molecular formula is C13H22ClN3O. The van der Waals surface area contributed by atoms with Crippen molar-refractivity contribution in [2.24, 2.45) is 0 Å². The molecule has 0 aliphatic heterocycles. The van der Waals surface area contributed by atoms with Gasteiger partial charge in [-0.25, -0.2) is 4.98 Å². The van der Waals surface area contributed by atoms with Crippen molar-refractivity contribution in [3.8, 4) is 0 Å². The summed E-state index contributed by atoms with van der Waals surface area (Å²) in [5.74, 6) is 0.708. The maximum Gasteiger partial charge on any atom is 0.144 e. The Kier molecular flexibility index (Phi) is 7.01. The van der Waals surface area contributed by atoms with E-state index in [0.29, 0.717) is 17.4 Å². The number of nitrogens with one attached hydrogen (secondary N) is 2. The molecular weight excluding hydrogens is 250 g/mol. The molecule has 0 aromatic carbocycles. The van der Waals surface area contributed by atoms with Crippen LogP contribution < -0.4 is 10.6 Å². The molecule has 1 atom stereocenters. The highest BCUT2D eigenvalue weighted by molar-refractivity contribution is 6.32. The Morgan fingerprint density at radius 3 is 2.89 bits per heavy atom. The lowest BCUT2D eigenvalue weighted by Crippen LogP contribution is -2.19. The molecule has 0 fully saturated rings. The lowest BCUT2D eigenvalue weighted by Gasteiger charge is -2.13. The molecule has 0 saturated carbocycles. The number of ether oxygens (including phenoxy) is 1. The quantitative estimate of drug-likeness (QED) is 0.714. The summed E-state index contributed by atoms with van der Waals surface area (Å²) in [5.41, 5.74) is 1.10. The third kappa shape index (κ3) is 5.21.